The summed E-state index contributed by atoms with van der Waals surface area (Å²) in [5, 5.41) is 14.5. The number of anilines is 1. The summed E-state index contributed by atoms with van der Waals surface area (Å²) in [6.45, 7) is 1.90. The number of carbonyl (C=O) groups excluding carboxylic acids is 3. The highest BCUT2D eigenvalue weighted by Crippen LogP contribution is 2.36. The van der Waals surface area contributed by atoms with E-state index in [0.717, 1.165) is 10.5 Å². The second-order valence-corrected chi connectivity index (χ2v) is 9.61. The lowest BCUT2D eigenvalue weighted by Crippen LogP contribution is -2.38. The van der Waals surface area contributed by atoms with E-state index in [0.29, 0.717) is 44.2 Å². The fraction of sp³-hybridized carbons (Fsp3) is 0.172. The summed E-state index contributed by atoms with van der Waals surface area (Å²) < 4.78 is 17.8. The third-order valence-electron chi connectivity index (χ3n) is 5.80. The number of nitriles is 1. The van der Waals surface area contributed by atoms with Crippen LogP contribution in [-0.2, 0) is 16.2 Å². The number of hydrogen-bond donors (Lipinski definition) is 2. The molecule has 1 aliphatic rings. The molecule has 10 nitrogen and oxygen atoms in total. The second-order valence-electron chi connectivity index (χ2n) is 8.45. The van der Waals surface area contributed by atoms with E-state index in [9.17, 15) is 19.6 Å². The zero-order valence-corrected chi connectivity index (χ0v) is 23.9. The maximum atomic E-state index is 13.0. The number of hydrogen-bond acceptors (Lipinski definition) is 7. The van der Waals surface area contributed by atoms with Crippen LogP contribution in [0.3, 0.4) is 0 Å². The Morgan fingerprint density at radius 2 is 1.85 bits per heavy atom. The number of ether oxygens (including phenoxy) is 3. The van der Waals surface area contributed by atoms with E-state index < -0.39 is 24.4 Å². The zero-order chi connectivity index (χ0) is 28.6. The van der Waals surface area contributed by atoms with E-state index in [4.69, 9.17) is 14.2 Å². The molecule has 0 spiro atoms. The van der Waals surface area contributed by atoms with Crippen LogP contribution in [0.5, 0.6) is 17.2 Å². The normalized spacial score (nSPS) is 13.6. The summed E-state index contributed by atoms with van der Waals surface area (Å²) in [4.78, 5) is 39.0. The van der Waals surface area contributed by atoms with Crippen LogP contribution >= 0.6 is 22.6 Å². The smallest absolute Gasteiger partial charge is 0.329 e. The average molecular weight is 652 g/mol. The first kappa shape index (κ1) is 28.4. The molecule has 0 unspecified atom stereocenters. The summed E-state index contributed by atoms with van der Waals surface area (Å²) in [6.07, 6.45) is 1.51. The third-order valence-corrected chi connectivity index (χ3v) is 6.60. The molecule has 0 saturated carbocycles. The van der Waals surface area contributed by atoms with Crippen LogP contribution in [0.4, 0.5) is 10.5 Å². The molecule has 0 aromatic heterocycles. The molecule has 4 rings (SSSR count). The van der Waals surface area contributed by atoms with E-state index in [-0.39, 0.29) is 12.3 Å². The number of imide groups is 1. The molecule has 4 amide bonds. The lowest BCUT2D eigenvalue weighted by atomic mass is 10.1. The Bertz CT molecular complexity index is 1530. The quantitative estimate of drug-likeness (QED) is 0.185. The molecule has 3 aromatic carbocycles. The number of methoxy groups -OCH3 is 1. The van der Waals surface area contributed by atoms with Crippen molar-refractivity contribution in [1.82, 2.24) is 10.2 Å². The van der Waals surface area contributed by atoms with Crippen LogP contribution in [0.2, 0.25) is 0 Å². The summed E-state index contributed by atoms with van der Waals surface area (Å²) in [7, 11) is 1.48. The standard InChI is InChI=1S/C29H25IN4O6/c1-3-39-25-14-18(12-21(30)27(25)40-17-20-9-5-4-8-19(20)15-31)13-23-28(36)34(29(37)33-23)16-26(35)32-22-10-6-7-11-24(22)38-2/h4-14H,3,16-17H2,1-2H3,(H,32,35)(H,33,37)/b23-13+. The van der Waals surface area contributed by atoms with Gasteiger partial charge in [0.1, 0.15) is 24.6 Å². The fourth-order valence-electron chi connectivity index (χ4n) is 3.94. The predicted octanol–water partition coefficient (Wildman–Crippen LogP) is 4.68. The Kier molecular flexibility index (Phi) is 9.23. The number of rotatable bonds is 10. The fourth-order valence-corrected chi connectivity index (χ4v) is 4.72. The van der Waals surface area contributed by atoms with Gasteiger partial charge < -0.3 is 24.8 Å². The predicted molar refractivity (Wildman–Crippen MR) is 156 cm³/mol. The molecule has 40 heavy (non-hydrogen) atoms. The SMILES string of the molecule is CCOc1cc(/C=C2/NC(=O)N(CC(=O)Nc3ccccc3OC)C2=O)cc(I)c1OCc1ccccc1C#N. The number of halogens is 1. The van der Waals surface area contributed by atoms with Crippen LogP contribution < -0.4 is 24.8 Å². The number of para-hydroxylation sites is 2. The van der Waals surface area contributed by atoms with Gasteiger partial charge in [-0.3, -0.25) is 9.59 Å². The van der Waals surface area contributed by atoms with Crippen molar-refractivity contribution in [3.8, 4) is 23.3 Å². The Morgan fingerprint density at radius 1 is 1.10 bits per heavy atom. The maximum Gasteiger partial charge on any atom is 0.329 e. The van der Waals surface area contributed by atoms with Gasteiger partial charge in [-0.2, -0.15) is 5.26 Å². The minimum absolute atomic E-state index is 0.0185. The van der Waals surface area contributed by atoms with Gasteiger partial charge in [-0.25, -0.2) is 9.69 Å². The van der Waals surface area contributed by atoms with Gasteiger partial charge in [0.25, 0.3) is 5.91 Å². The van der Waals surface area contributed by atoms with Crippen molar-refractivity contribution >= 4 is 52.2 Å². The van der Waals surface area contributed by atoms with Crippen molar-refractivity contribution in [1.29, 1.82) is 5.26 Å². The van der Waals surface area contributed by atoms with Crippen molar-refractivity contribution in [2.24, 2.45) is 0 Å². The van der Waals surface area contributed by atoms with Crippen LogP contribution in [0.15, 0.2) is 66.4 Å². The molecule has 1 saturated heterocycles. The maximum absolute atomic E-state index is 13.0. The molecule has 0 aliphatic carbocycles. The van der Waals surface area contributed by atoms with E-state index in [1.54, 1.807) is 48.5 Å². The molecule has 0 radical (unpaired) electrons. The van der Waals surface area contributed by atoms with E-state index in [1.807, 2.05) is 19.1 Å². The Labute approximate surface area is 244 Å². The number of nitrogens with zero attached hydrogens (tertiary/aromatic N) is 2. The van der Waals surface area contributed by atoms with Gasteiger partial charge >= 0.3 is 6.03 Å². The first-order chi connectivity index (χ1) is 19.3. The molecule has 2 N–H and O–H groups in total. The minimum Gasteiger partial charge on any atom is -0.495 e. The van der Waals surface area contributed by atoms with Gasteiger partial charge in [-0.05, 0) is 71.5 Å². The monoisotopic (exact) mass is 652 g/mol. The van der Waals surface area contributed by atoms with Crippen molar-refractivity contribution in [2.45, 2.75) is 13.5 Å². The largest absolute Gasteiger partial charge is 0.495 e. The minimum atomic E-state index is -0.706. The van der Waals surface area contributed by atoms with Gasteiger partial charge in [0.2, 0.25) is 5.91 Å². The third kappa shape index (κ3) is 6.52. The van der Waals surface area contributed by atoms with Crippen molar-refractivity contribution in [3.63, 3.8) is 0 Å². The van der Waals surface area contributed by atoms with E-state index in [1.165, 1.54) is 13.2 Å². The number of urea groups is 1. The van der Waals surface area contributed by atoms with Crippen molar-refractivity contribution in [2.75, 3.05) is 25.6 Å². The number of benzene rings is 3. The van der Waals surface area contributed by atoms with Gasteiger partial charge in [0.05, 0.1) is 34.6 Å². The summed E-state index contributed by atoms with van der Waals surface area (Å²) in [5.74, 6) is 0.202. The highest BCUT2D eigenvalue weighted by atomic mass is 127. The molecule has 3 aromatic rings. The van der Waals surface area contributed by atoms with Crippen LogP contribution in [0, 0.1) is 14.9 Å². The van der Waals surface area contributed by atoms with E-state index in [2.05, 4.69) is 39.3 Å². The molecule has 1 heterocycles. The Balaban J connectivity index is 1.50. The molecular formula is C29H25IN4O6. The number of nitrogens with one attached hydrogen (secondary N) is 2. The molecule has 1 fully saturated rings. The second kappa shape index (κ2) is 13.0. The summed E-state index contributed by atoms with van der Waals surface area (Å²) in [6, 6.07) is 18.9. The Morgan fingerprint density at radius 3 is 2.60 bits per heavy atom. The molecular weight excluding hydrogens is 627 g/mol. The zero-order valence-electron chi connectivity index (χ0n) is 21.7. The molecule has 204 valence electrons. The molecule has 0 atom stereocenters. The number of amides is 4. The van der Waals surface area contributed by atoms with Crippen molar-refractivity contribution < 1.29 is 28.6 Å². The molecule has 11 heteroatoms. The van der Waals surface area contributed by atoms with Crippen LogP contribution in [0.25, 0.3) is 6.08 Å². The molecule has 0 bridgehead atoms. The highest BCUT2D eigenvalue weighted by molar-refractivity contribution is 14.1. The lowest BCUT2D eigenvalue weighted by Gasteiger charge is -2.15. The number of carbonyl (C=O) groups is 3. The van der Waals surface area contributed by atoms with Gasteiger partial charge in [-0.15, -0.1) is 0 Å². The topological polar surface area (TPSA) is 130 Å². The van der Waals surface area contributed by atoms with Gasteiger partial charge in [-0.1, -0.05) is 30.3 Å². The van der Waals surface area contributed by atoms with Gasteiger partial charge in [0.15, 0.2) is 11.5 Å². The Hall–Kier alpha value is -4.57. The van der Waals surface area contributed by atoms with E-state index >= 15 is 0 Å². The summed E-state index contributed by atoms with van der Waals surface area (Å²) in [5.41, 5.74) is 2.29. The van der Waals surface area contributed by atoms with Gasteiger partial charge in [0, 0.05) is 5.56 Å². The lowest BCUT2D eigenvalue weighted by molar-refractivity contribution is -0.127. The van der Waals surface area contributed by atoms with Crippen molar-refractivity contribution in [3.05, 3.63) is 86.6 Å². The first-order valence-electron chi connectivity index (χ1n) is 12.2. The van der Waals surface area contributed by atoms with Crippen LogP contribution in [0.1, 0.15) is 23.6 Å². The average Bonchev–Trinajstić information content (AvgIpc) is 3.20. The molecule has 1 aliphatic heterocycles. The van der Waals surface area contributed by atoms with Crippen LogP contribution in [-0.4, -0.2) is 43.0 Å². The highest BCUT2D eigenvalue weighted by Gasteiger charge is 2.35. The first-order valence-corrected chi connectivity index (χ1v) is 13.3. The summed E-state index contributed by atoms with van der Waals surface area (Å²) >= 11 is 2.10.